The minimum atomic E-state index is -0.300. The Morgan fingerprint density at radius 1 is 0.962 bits per heavy atom. The number of alkyl halides is 2. The SMILES string of the molecule is NC1=CC(=O)c2cn(Cc3ccc(N(CCCl)CCCl)cc3)cc2C1=O. The molecule has 0 aliphatic heterocycles. The smallest absolute Gasteiger partial charge is 0.211 e. The Morgan fingerprint density at radius 3 is 2.19 bits per heavy atom. The molecular formula is C19H19Cl2N3O2. The number of fused-ring (bicyclic) bond motifs is 1. The highest BCUT2D eigenvalue weighted by Gasteiger charge is 2.25. The number of ketones is 2. The van der Waals surface area contributed by atoms with Crippen LogP contribution in [0.5, 0.6) is 0 Å². The maximum Gasteiger partial charge on any atom is 0.211 e. The second-order valence-electron chi connectivity index (χ2n) is 6.08. The van der Waals surface area contributed by atoms with Gasteiger partial charge in [0, 0.05) is 55.6 Å². The molecule has 2 aromatic rings. The summed E-state index contributed by atoms with van der Waals surface area (Å²) in [6.45, 7) is 2.02. The molecule has 0 saturated carbocycles. The van der Waals surface area contributed by atoms with Crippen LogP contribution in [0.4, 0.5) is 5.69 Å². The molecule has 0 unspecified atom stereocenters. The molecule has 0 bridgehead atoms. The Kier molecular flexibility index (Phi) is 5.69. The van der Waals surface area contributed by atoms with Crippen LogP contribution >= 0.6 is 23.2 Å². The Morgan fingerprint density at radius 2 is 1.58 bits per heavy atom. The number of Topliss-reactive ketones (excluding diaryl/α,β-unsaturated/α-hetero) is 1. The van der Waals surface area contributed by atoms with Crippen molar-refractivity contribution in [3.05, 3.63) is 65.1 Å². The second-order valence-corrected chi connectivity index (χ2v) is 6.84. The van der Waals surface area contributed by atoms with Crippen LogP contribution in [0.15, 0.2) is 48.4 Å². The van der Waals surface area contributed by atoms with Crippen molar-refractivity contribution in [1.82, 2.24) is 4.57 Å². The topological polar surface area (TPSA) is 68.3 Å². The van der Waals surface area contributed by atoms with E-state index >= 15 is 0 Å². The Labute approximate surface area is 162 Å². The number of rotatable bonds is 7. The molecule has 3 rings (SSSR count). The third-order valence-electron chi connectivity index (χ3n) is 4.31. The number of anilines is 1. The maximum absolute atomic E-state index is 12.1. The van der Waals surface area contributed by atoms with Crippen molar-refractivity contribution in [2.24, 2.45) is 5.73 Å². The molecule has 0 atom stereocenters. The van der Waals surface area contributed by atoms with Gasteiger partial charge in [0.2, 0.25) is 5.78 Å². The van der Waals surface area contributed by atoms with E-state index in [1.54, 1.807) is 12.4 Å². The highest BCUT2D eigenvalue weighted by atomic mass is 35.5. The molecule has 1 heterocycles. The van der Waals surface area contributed by atoms with Crippen LogP contribution in [-0.2, 0) is 6.54 Å². The molecule has 1 aliphatic carbocycles. The lowest BCUT2D eigenvalue weighted by Gasteiger charge is -2.23. The van der Waals surface area contributed by atoms with E-state index in [0.29, 0.717) is 29.4 Å². The molecule has 7 heteroatoms. The minimum absolute atomic E-state index is 0.0109. The van der Waals surface area contributed by atoms with Crippen molar-refractivity contribution in [3.8, 4) is 0 Å². The lowest BCUT2D eigenvalue weighted by atomic mass is 9.98. The first-order valence-corrected chi connectivity index (χ1v) is 9.32. The van der Waals surface area contributed by atoms with Gasteiger partial charge in [0.25, 0.3) is 0 Å². The average molecular weight is 392 g/mol. The number of benzene rings is 1. The van der Waals surface area contributed by atoms with Crippen LogP contribution in [0.1, 0.15) is 26.3 Å². The predicted octanol–water partition coefficient (Wildman–Crippen LogP) is 3.04. The fourth-order valence-corrected chi connectivity index (χ4v) is 3.42. The number of hydrogen-bond donors (Lipinski definition) is 1. The van der Waals surface area contributed by atoms with Crippen LogP contribution in [-0.4, -0.2) is 41.0 Å². The molecule has 0 amide bonds. The molecule has 0 radical (unpaired) electrons. The van der Waals surface area contributed by atoms with Crippen molar-refractivity contribution >= 4 is 40.5 Å². The molecule has 0 saturated heterocycles. The van der Waals surface area contributed by atoms with Gasteiger partial charge in [-0.2, -0.15) is 0 Å². The van der Waals surface area contributed by atoms with Gasteiger partial charge in [-0.3, -0.25) is 9.59 Å². The molecule has 1 aromatic carbocycles. The van der Waals surface area contributed by atoms with Gasteiger partial charge in [0.05, 0.1) is 16.8 Å². The van der Waals surface area contributed by atoms with Crippen molar-refractivity contribution in [3.63, 3.8) is 0 Å². The van der Waals surface area contributed by atoms with Crippen molar-refractivity contribution in [2.45, 2.75) is 6.54 Å². The quantitative estimate of drug-likeness (QED) is 0.736. The van der Waals surface area contributed by atoms with Gasteiger partial charge in [-0.15, -0.1) is 23.2 Å². The second kappa shape index (κ2) is 7.98. The summed E-state index contributed by atoms with van der Waals surface area (Å²) in [7, 11) is 0. The Bertz CT molecular complexity index is 850. The van der Waals surface area contributed by atoms with E-state index < -0.39 is 0 Å². The molecule has 0 fully saturated rings. The first kappa shape index (κ1) is 18.5. The van der Waals surface area contributed by atoms with Crippen molar-refractivity contribution in [2.75, 3.05) is 29.7 Å². The lowest BCUT2D eigenvalue weighted by molar-refractivity contribution is 0.0984. The molecule has 136 valence electrons. The Hall–Kier alpha value is -2.24. The van der Waals surface area contributed by atoms with Crippen LogP contribution in [0.25, 0.3) is 0 Å². The summed E-state index contributed by atoms with van der Waals surface area (Å²) >= 11 is 11.7. The molecule has 1 aromatic heterocycles. The number of allylic oxidation sites excluding steroid dienone is 2. The predicted molar refractivity (Wildman–Crippen MR) is 105 cm³/mol. The van der Waals surface area contributed by atoms with Crippen molar-refractivity contribution < 1.29 is 9.59 Å². The summed E-state index contributed by atoms with van der Waals surface area (Å²) in [4.78, 5) is 26.2. The average Bonchev–Trinajstić information content (AvgIpc) is 3.05. The van der Waals surface area contributed by atoms with Crippen LogP contribution in [0.3, 0.4) is 0 Å². The van der Waals surface area contributed by atoms with Gasteiger partial charge in [-0.1, -0.05) is 12.1 Å². The standard InChI is InChI=1S/C19H19Cl2N3O2/c20-5-7-24(8-6-21)14-3-1-13(2-4-14)10-23-11-15-16(12-23)19(26)17(22)9-18(15)25/h1-4,9,11-12H,5-8,10,22H2. The first-order chi connectivity index (χ1) is 12.5. The van der Waals surface area contributed by atoms with Gasteiger partial charge >= 0.3 is 0 Å². The minimum Gasteiger partial charge on any atom is -0.395 e. The normalized spacial score (nSPS) is 13.5. The lowest BCUT2D eigenvalue weighted by Crippen LogP contribution is -2.27. The molecule has 26 heavy (non-hydrogen) atoms. The van der Waals surface area contributed by atoms with E-state index in [9.17, 15) is 9.59 Å². The first-order valence-electron chi connectivity index (χ1n) is 8.25. The summed E-state index contributed by atoms with van der Waals surface area (Å²) in [5.41, 5.74) is 8.46. The third kappa shape index (κ3) is 3.79. The molecule has 1 aliphatic rings. The number of halogens is 2. The van der Waals surface area contributed by atoms with E-state index in [0.717, 1.165) is 24.3 Å². The highest BCUT2D eigenvalue weighted by molar-refractivity contribution is 6.24. The maximum atomic E-state index is 12.1. The van der Waals surface area contributed by atoms with E-state index in [-0.39, 0.29) is 17.3 Å². The Balaban J connectivity index is 1.76. The number of nitrogens with two attached hydrogens (primary N) is 1. The van der Waals surface area contributed by atoms with Crippen LogP contribution < -0.4 is 10.6 Å². The van der Waals surface area contributed by atoms with Crippen LogP contribution in [0.2, 0.25) is 0 Å². The zero-order valence-electron chi connectivity index (χ0n) is 14.1. The summed E-state index contributed by atoms with van der Waals surface area (Å²) in [6.07, 6.45) is 4.56. The van der Waals surface area contributed by atoms with E-state index in [1.165, 1.54) is 6.08 Å². The fourth-order valence-electron chi connectivity index (χ4n) is 3.01. The van der Waals surface area contributed by atoms with Gasteiger partial charge in [-0.25, -0.2) is 0 Å². The van der Waals surface area contributed by atoms with Gasteiger partial charge < -0.3 is 15.2 Å². The monoisotopic (exact) mass is 391 g/mol. The molecular weight excluding hydrogens is 373 g/mol. The van der Waals surface area contributed by atoms with Gasteiger partial charge in [0.1, 0.15) is 0 Å². The summed E-state index contributed by atoms with van der Waals surface area (Å²) in [5.74, 6) is 0.537. The summed E-state index contributed by atoms with van der Waals surface area (Å²) in [5, 5.41) is 0. The molecule has 0 spiro atoms. The van der Waals surface area contributed by atoms with Crippen molar-refractivity contribution in [1.29, 1.82) is 0 Å². The summed E-state index contributed by atoms with van der Waals surface area (Å²) < 4.78 is 1.83. The largest absolute Gasteiger partial charge is 0.395 e. The number of carbonyl (C=O) groups is 2. The number of aromatic nitrogens is 1. The van der Waals surface area contributed by atoms with E-state index in [2.05, 4.69) is 4.90 Å². The molecule has 2 N–H and O–H groups in total. The van der Waals surface area contributed by atoms with E-state index in [4.69, 9.17) is 28.9 Å². The van der Waals surface area contributed by atoms with Crippen LogP contribution in [0, 0.1) is 0 Å². The number of hydrogen-bond acceptors (Lipinski definition) is 4. The van der Waals surface area contributed by atoms with Gasteiger partial charge in [-0.05, 0) is 17.7 Å². The molecule has 5 nitrogen and oxygen atoms in total. The van der Waals surface area contributed by atoms with E-state index in [1.807, 2.05) is 28.8 Å². The fraction of sp³-hybridized carbons (Fsp3) is 0.263. The van der Waals surface area contributed by atoms with Gasteiger partial charge in [0.15, 0.2) is 5.78 Å². The summed E-state index contributed by atoms with van der Waals surface area (Å²) in [6, 6.07) is 8.07. The number of nitrogens with zero attached hydrogens (tertiary/aromatic N) is 2. The number of carbonyl (C=O) groups excluding carboxylic acids is 2. The third-order valence-corrected chi connectivity index (χ3v) is 4.65. The highest BCUT2D eigenvalue weighted by Crippen LogP contribution is 2.22. The zero-order valence-corrected chi connectivity index (χ0v) is 15.6. The zero-order chi connectivity index (χ0) is 18.7.